The van der Waals surface area contributed by atoms with Crippen molar-refractivity contribution in [1.82, 2.24) is 15.5 Å². The zero-order valence-corrected chi connectivity index (χ0v) is 14.3. The summed E-state index contributed by atoms with van der Waals surface area (Å²) in [6.07, 6.45) is 2.37. The molecular weight excluding hydrogens is 351 g/mol. The Balaban J connectivity index is 0. The molecule has 0 saturated heterocycles. The Morgan fingerprint density at radius 3 is 2.42 bits per heavy atom. The summed E-state index contributed by atoms with van der Waals surface area (Å²) in [5.74, 6) is -0.857. The Morgan fingerprint density at radius 1 is 1.32 bits per heavy atom. The molecule has 0 fully saturated rings. The minimum atomic E-state index is -2.49. The molecule has 19 heavy (non-hydrogen) atoms. The number of hydroxylamine groups is 1. The summed E-state index contributed by atoms with van der Waals surface area (Å²) in [6.45, 7) is 0. The first-order chi connectivity index (χ1) is 8.51. The Hall–Kier alpha value is 0.0739. The maximum Gasteiger partial charge on any atom is 0.243 e. The summed E-state index contributed by atoms with van der Waals surface area (Å²) in [4.78, 5) is 22.0. The van der Waals surface area contributed by atoms with Crippen LogP contribution >= 0.6 is 0 Å². The van der Waals surface area contributed by atoms with Crippen LogP contribution < -0.4 is 15.5 Å². The van der Waals surface area contributed by atoms with E-state index in [9.17, 15) is 18.4 Å². The van der Waals surface area contributed by atoms with Crippen molar-refractivity contribution < 1.29 is 56.3 Å². The van der Waals surface area contributed by atoms with Crippen LogP contribution in [0.15, 0.2) is 0 Å². The van der Waals surface area contributed by atoms with Gasteiger partial charge in [0.25, 0.3) is 0 Å². The van der Waals surface area contributed by atoms with E-state index in [1.807, 2.05) is 0 Å². The number of likely N-dealkylation sites (N-methyl/N-ethyl adjacent to an activating group) is 1. The summed E-state index contributed by atoms with van der Waals surface area (Å²) in [5.41, 5.74) is 1.52. The van der Waals surface area contributed by atoms with Gasteiger partial charge in [0.15, 0.2) is 0 Å². The third-order valence-corrected chi connectivity index (χ3v) is 2.80. The largest absolute Gasteiger partial charge is 0.760 e. The van der Waals surface area contributed by atoms with Crippen LogP contribution in [0.3, 0.4) is 0 Å². The molecule has 0 aromatic carbocycles. The maximum atomic E-state index is 11.3. The van der Waals surface area contributed by atoms with Crippen molar-refractivity contribution in [2.75, 3.05) is 7.05 Å². The molecule has 2 amide bonds. The van der Waals surface area contributed by atoms with Crippen LogP contribution in [-0.2, 0) is 53.6 Å². The van der Waals surface area contributed by atoms with Gasteiger partial charge in [-0.15, -0.1) is 0 Å². The van der Waals surface area contributed by atoms with E-state index in [0.29, 0.717) is 25.7 Å². The zero-order chi connectivity index (χ0) is 14.0. The van der Waals surface area contributed by atoms with Crippen LogP contribution in [0.25, 0.3) is 0 Å². The molecule has 4 N–H and O–H groups in total. The van der Waals surface area contributed by atoms with Gasteiger partial charge >= 0.3 is 0 Å². The van der Waals surface area contributed by atoms with E-state index in [1.54, 1.807) is 0 Å². The summed E-state index contributed by atoms with van der Waals surface area (Å²) in [7, 11) is 1.43. The molecule has 0 rings (SSSR count). The number of carbonyl (C=O) groups is 2. The van der Waals surface area contributed by atoms with E-state index in [0.717, 1.165) is 0 Å². The van der Waals surface area contributed by atoms with Gasteiger partial charge in [-0.05, 0) is 12.8 Å². The fourth-order valence-corrected chi connectivity index (χ4v) is 1.86. The van der Waals surface area contributed by atoms with E-state index in [-0.39, 0.29) is 39.1 Å². The van der Waals surface area contributed by atoms with Crippen LogP contribution in [0.4, 0.5) is 0 Å². The van der Waals surface area contributed by atoms with Gasteiger partial charge < -0.3 is 9.87 Å². The first-order valence-electron chi connectivity index (χ1n) is 5.51. The molecule has 0 aromatic heterocycles. The molecule has 2 atom stereocenters. The summed E-state index contributed by atoms with van der Waals surface area (Å²) >= 11 is -2.49. The van der Waals surface area contributed by atoms with Crippen LogP contribution in [0, 0.1) is 0 Å². The van der Waals surface area contributed by atoms with E-state index in [4.69, 9.17) is 5.21 Å². The molecule has 0 aliphatic rings. The zero-order valence-electron chi connectivity index (χ0n) is 10.7. The molecule has 0 spiro atoms. The maximum absolute atomic E-state index is 11.3. The van der Waals surface area contributed by atoms with Gasteiger partial charge in [-0.3, -0.25) is 19.0 Å². The van der Waals surface area contributed by atoms with Crippen molar-refractivity contribution in [2.45, 2.75) is 38.1 Å². The van der Waals surface area contributed by atoms with Crippen molar-refractivity contribution >= 4 is 23.1 Å². The normalized spacial score (nSPS) is 13.0. The minimum absolute atomic E-state index is 0. The van der Waals surface area contributed by atoms with Gasteiger partial charge in [-0.1, -0.05) is 12.8 Å². The Bertz CT molecular complexity index is 306. The number of nitrogens with one attached hydrogen (secondary N) is 3. The molecule has 0 bridgehead atoms. The Morgan fingerprint density at radius 2 is 1.95 bits per heavy atom. The van der Waals surface area contributed by atoms with Crippen molar-refractivity contribution in [3.63, 3.8) is 0 Å². The van der Waals surface area contributed by atoms with Crippen LogP contribution in [0.2, 0.25) is 0 Å². The van der Waals surface area contributed by atoms with Crippen LogP contribution in [-0.4, -0.2) is 38.9 Å². The molecule has 0 aromatic rings. The molecule has 0 aliphatic heterocycles. The van der Waals surface area contributed by atoms with E-state index < -0.39 is 29.1 Å². The number of amides is 2. The molecule has 8 nitrogen and oxygen atoms in total. The second-order valence-corrected chi connectivity index (χ2v) is 4.36. The fraction of sp³-hybridized carbons (Fsp3) is 0.778. The third kappa shape index (κ3) is 11.6. The van der Waals surface area contributed by atoms with Gasteiger partial charge in [0.2, 0.25) is 11.8 Å². The number of rotatable bonds is 9. The van der Waals surface area contributed by atoms with E-state index in [1.165, 1.54) is 12.5 Å². The van der Waals surface area contributed by atoms with E-state index >= 15 is 0 Å². The molecule has 0 saturated carbocycles. The average Bonchev–Trinajstić information content (AvgIpc) is 2.35. The molecule has 10 heteroatoms. The molecule has 0 heterocycles. The van der Waals surface area contributed by atoms with Gasteiger partial charge in [-0.2, -0.15) is 0 Å². The number of hydrogen-bond acceptors (Lipinski definition) is 5. The summed E-state index contributed by atoms with van der Waals surface area (Å²) < 4.78 is 23.1. The summed E-state index contributed by atoms with van der Waals surface area (Å²) in [6, 6.07) is -0.792. The number of unbranched alkanes of at least 4 members (excludes halogenated alkanes) is 2. The van der Waals surface area contributed by atoms with Crippen molar-refractivity contribution in [3.8, 4) is 0 Å². The summed E-state index contributed by atoms with van der Waals surface area (Å²) in [5, 5.41) is 10.6. The molecule has 1 radical (unpaired) electrons. The number of carbonyl (C=O) groups excluding carboxylic acids is 2. The van der Waals surface area contributed by atoms with Crippen molar-refractivity contribution in [1.29, 1.82) is 0 Å². The molecule has 0 aliphatic carbocycles. The Kier molecular flexibility index (Phi) is 14.7. The second kappa shape index (κ2) is 13.1. The Labute approximate surface area is 139 Å². The van der Waals surface area contributed by atoms with Gasteiger partial charge in [-0.25, -0.2) is 10.2 Å². The first-order valence-corrected chi connectivity index (χ1v) is 6.58. The van der Waals surface area contributed by atoms with Gasteiger partial charge in [0, 0.05) is 57.4 Å². The SMILES string of the molecule is CNC(=O)[C@H](CCCCCC(=O)NO)NS(=O)[O-].[Y]. The number of hydrogen-bond donors (Lipinski definition) is 4. The van der Waals surface area contributed by atoms with Crippen LogP contribution in [0.5, 0.6) is 0 Å². The monoisotopic (exact) mass is 369 g/mol. The van der Waals surface area contributed by atoms with E-state index in [2.05, 4.69) is 10.0 Å². The van der Waals surface area contributed by atoms with Crippen molar-refractivity contribution in [3.05, 3.63) is 0 Å². The average molecular weight is 369 g/mol. The van der Waals surface area contributed by atoms with Crippen LogP contribution in [0.1, 0.15) is 32.1 Å². The van der Waals surface area contributed by atoms with Crippen molar-refractivity contribution in [2.24, 2.45) is 0 Å². The molecule has 1 unspecified atom stereocenters. The standard InChI is InChI=1S/C9H19N3O5S.Y/c1-10-9(14)7(12-18(16)17)5-3-2-4-6-8(13)11-15;/h7,12,15H,2-6H2,1H3,(H,10,14)(H,11,13)(H,16,17);/p-1/t7-;/m0./s1. The third-order valence-electron chi connectivity index (χ3n) is 2.32. The second-order valence-electron chi connectivity index (χ2n) is 3.65. The fourth-order valence-electron chi connectivity index (χ4n) is 1.40. The topological polar surface area (TPSA) is 131 Å². The quantitative estimate of drug-likeness (QED) is 0.178. The van der Waals surface area contributed by atoms with Gasteiger partial charge in [0.1, 0.15) is 0 Å². The molecule has 109 valence electrons. The minimum Gasteiger partial charge on any atom is -0.760 e. The predicted molar refractivity (Wildman–Crippen MR) is 62.9 cm³/mol. The van der Waals surface area contributed by atoms with Gasteiger partial charge in [0.05, 0.1) is 6.04 Å². The smallest absolute Gasteiger partial charge is 0.243 e. The predicted octanol–water partition coefficient (Wildman–Crippen LogP) is -1.06. The molecular formula is C9H18N3O5SY-. The first kappa shape index (κ1) is 21.4.